The Balaban J connectivity index is 1.86. The summed E-state index contributed by atoms with van der Waals surface area (Å²) in [5.74, 6) is -1.86. The SMILES string of the molecule is CCn1ncc(CNC(=O)NC(C)c2ccc(F)c(F)c2)n1. The summed E-state index contributed by atoms with van der Waals surface area (Å²) in [6.45, 7) is 4.47. The molecule has 0 saturated heterocycles. The van der Waals surface area contributed by atoms with Crippen LogP contribution in [0.3, 0.4) is 0 Å². The highest BCUT2D eigenvalue weighted by Crippen LogP contribution is 2.15. The molecule has 0 fully saturated rings. The summed E-state index contributed by atoms with van der Waals surface area (Å²) in [7, 11) is 0. The van der Waals surface area contributed by atoms with Gasteiger partial charge in [-0.3, -0.25) is 0 Å². The molecule has 1 heterocycles. The van der Waals surface area contributed by atoms with Crippen LogP contribution in [0.1, 0.15) is 31.1 Å². The molecule has 1 unspecified atom stereocenters. The number of nitrogens with zero attached hydrogens (tertiary/aromatic N) is 3. The summed E-state index contributed by atoms with van der Waals surface area (Å²) in [4.78, 5) is 13.3. The zero-order chi connectivity index (χ0) is 16.1. The van der Waals surface area contributed by atoms with Crippen LogP contribution in [0.25, 0.3) is 0 Å². The summed E-state index contributed by atoms with van der Waals surface area (Å²) in [5.41, 5.74) is 1.11. The first-order valence-corrected chi connectivity index (χ1v) is 6.88. The number of carbonyl (C=O) groups is 1. The van der Waals surface area contributed by atoms with Crippen LogP contribution in [0.2, 0.25) is 0 Å². The highest BCUT2D eigenvalue weighted by Gasteiger charge is 2.12. The molecular weight excluding hydrogens is 292 g/mol. The lowest BCUT2D eigenvalue weighted by Crippen LogP contribution is -2.36. The first-order valence-electron chi connectivity index (χ1n) is 6.88. The number of nitrogens with one attached hydrogen (secondary N) is 2. The molecule has 1 atom stereocenters. The van der Waals surface area contributed by atoms with E-state index in [0.29, 0.717) is 17.8 Å². The van der Waals surface area contributed by atoms with Crippen molar-refractivity contribution in [2.45, 2.75) is 33.0 Å². The Hall–Kier alpha value is -2.51. The molecule has 0 spiro atoms. The van der Waals surface area contributed by atoms with Crippen molar-refractivity contribution < 1.29 is 13.6 Å². The van der Waals surface area contributed by atoms with Crippen LogP contribution in [0.5, 0.6) is 0 Å². The van der Waals surface area contributed by atoms with Crippen molar-refractivity contribution in [3.8, 4) is 0 Å². The Kier molecular flexibility index (Phi) is 5.03. The number of rotatable bonds is 5. The fourth-order valence-corrected chi connectivity index (χ4v) is 1.85. The maximum Gasteiger partial charge on any atom is 0.315 e. The molecule has 2 N–H and O–H groups in total. The number of hydrogen-bond acceptors (Lipinski definition) is 3. The molecular formula is C14H17F2N5O. The van der Waals surface area contributed by atoms with Crippen LogP contribution in [0, 0.1) is 11.6 Å². The third-order valence-corrected chi connectivity index (χ3v) is 3.09. The molecule has 118 valence electrons. The number of aromatic nitrogens is 3. The molecule has 0 aliphatic heterocycles. The van der Waals surface area contributed by atoms with E-state index in [-0.39, 0.29) is 6.54 Å². The summed E-state index contributed by atoms with van der Waals surface area (Å²) in [6.07, 6.45) is 1.57. The molecule has 8 heteroatoms. The van der Waals surface area contributed by atoms with Gasteiger partial charge in [-0.2, -0.15) is 15.0 Å². The van der Waals surface area contributed by atoms with Crippen molar-refractivity contribution in [2.75, 3.05) is 0 Å². The van der Waals surface area contributed by atoms with E-state index >= 15 is 0 Å². The Morgan fingerprint density at radius 3 is 2.77 bits per heavy atom. The van der Waals surface area contributed by atoms with Crippen molar-refractivity contribution in [1.82, 2.24) is 25.6 Å². The molecule has 0 saturated carbocycles. The van der Waals surface area contributed by atoms with Crippen LogP contribution in [-0.4, -0.2) is 21.0 Å². The van der Waals surface area contributed by atoms with Crippen LogP contribution in [0.4, 0.5) is 13.6 Å². The standard InChI is InChI=1S/C14H17F2N5O/c1-3-21-18-8-11(20-21)7-17-14(22)19-9(2)10-4-5-12(15)13(16)6-10/h4-6,8-9H,3,7H2,1-2H3,(H2,17,19,22). The normalized spacial score (nSPS) is 12.0. The molecule has 1 aromatic heterocycles. The molecule has 6 nitrogen and oxygen atoms in total. The lowest BCUT2D eigenvalue weighted by molar-refractivity contribution is 0.237. The summed E-state index contributed by atoms with van der Waals surface area (Å²) in [5, 5.41) is 13.4. The van der Waals surface area contributed by atoms with E-state index in [4.69, 9.17) is 0 Å². The highest BCUT2D eigenvalue weighted by atomic mass is 19.2. The molecule has 0 aliphatic carbocycles. The largest absolute Gasteiger partial charge is 0.332 e. The minimum absolute atomic E-state index is 0.232. The van der Waals surface area contributed by atoms with Gasteiger partial charge in [0.2, 0.25) is 0 Å². The van der Waals surface area contributed by atoms with Gasteiger partial charge in [0.05, 0.1) is 25.3 Å². The van der Waals surface area contributed by atoms with Gasteiger partial charge in [-0.15, -0.1) is 0 Å². The van der Waals surface area contributed by atoms with Gasteiger partial charge in [0, 0.05) is 0 Å². The predicted octanol–water partition coefficient (Wildman–Crippen LogP) is 2.14. The smallest absolute Gasteiger partial charge is 0.315 e. The minimum atomic E-state index is -0.942. The number of urea groups is 1. The highest BCUT2D eigenvalue weighted by molar-refractivity contribution is 5.74. The van der Waals surface area contributed by atoms with Gasteiger partial charge in [0.15, 0.2) is 11.6 Å². The van der Waals surface area contributed by atoms with E-state index in [1.807, 2.05) is 6.92 Å². The fourth-order valence-electron chi connectivity index (χ4n) is 1.85. The van der Waals surface area contributed by atoms with E-state index < -0.39 is 23.7 Å². The molecule has 1 aromatic carbocycles. The Bertz CT molecular complexity index is 658. The minimum Gasteiger partial charge on any atom is -0.332 e. The zero-order valence-corrected chi connectivity index (χ0v) is 12.3. The van der Waals surface area contributed by atoms with Gasteiger partial charge < -0.3 is 10.6 Å². The molecule has 0 radical (unpaired) electrons. The zero-order valence-electron chi connectivity index (χ0n) is 12.3. The van der Waals surface area contributed by atoms with Gasteiger partial charge in [-0.1, -0.05) is 6.07 Å². The topological polar surface area (TPSA) is 71.8 Å². The van der Waals surface area contributed by atoms with Gasteiger partial charge in [-0.05, 0) is 31.5 Å². The average Bonchev–Trinajstić information content (AvgIpc) is 2.96. The Morgan fingerprint density at radius 2 is 2.14 bits per heavy atom. The second-order valence-corrected chi connectivity index (χ2v) is 4.75. The number of halogens is 2. The maximum atomic E-state index is 13.2. The van der Waals surface area contributed by atoms with Gasteiger partial charge in [-0.25, -0.2) is 13.6 Å². The van der Waals surface area contributed by atoms with E-state index in [9.17, 15) is 13.6 Å². The quantitative estimate of drug-likeness (QED) is 0.889. The van der Waals surface area contributed by atoms with Gasteiger partial charge >= 0.3 is 6.03 Å². The van der Waals surface area contributed by atoms with Crippen molar-refractivity contribution in [3.63, 3.8) is 0 Å². The first-order chi connectivity index (χ1) is 10.5. The first kappa shape index (κ1) is 15.9. The van der Waals surface area contributed by atoms with Crippen molar-refractivity contribution in [1.29, 1.82) is 0 Å². The second kappa shape index (κ2) is 6.97. The molecule has 2 aromatic rings. The number of hydrogen-bond donors (Lipinski definition) is 2. The van der Waals surface area contributed by atoms with E-state index in [1.165, 1.54) is 10.9 Å². The molecule has 0 aliphatic rings. The van der Waals surface area contributed by atoms with E-state index in [1.54, 1.807) is 13.1 Å². The molecule has 0 bridgehead atoms. The Morgan fingerprint density at radius 1 is 1.36 bits per heavy atom. The summed E-state index contributed by atoms with van der Waals surface area (Å²) >= 11 is 0. The monoisotopic (exact) mass is 309 g/mol. The van der Waals surface area contributed by atoms with Crippen LogP contribution < -0.4 is 10.6 Å². The maximum absolute atomic E-state index is 13.2. The number of aryl methyl sites for hydroxylation is 1. The lowest BCUT2D eigenvalue weighted by Gasteiger charge is -2.15. The van der Waals surface area contributed by atoms with Crippen LogP contribution in [0.15, 0.2) is 24.4 Å². The molecule has 2 amide bonds. The van der Waals surface area contributed by atoms with Crippen LogP contribution >= 0.6 is 0 Å². The average molecular weight is 309 g/mol. The van der Waals surface area contributed by atoms with Gasteiger partial charge in [0.25, 0.3) is 0 Å². The Labute approximate surface area is 126 Å². The van der Waals surface area contributed by atoms with Crippen molar-refractivity contribution in [3.05, 3.63) is 47.3 Å². The lowest BCUT2D eigenvalue weighted by atomic mass is 10.1. The van der Waals surface area contributed by atoms with Gasteiger partial charge in [0.1, 0.15) is 5.69 Å². The van der Waals surface area contributed by atoms with E-state index in [2.05, 4.69) is 20.8 Å². The predicted molar refractivity (Wildman–Crippen MR) is 75.8 cm³/mol. The summed E-state index contributed by atoms with van der Waals surface area (Å²) < 4.78 is 26.0. The van der Waals surface area contributed by atoms with Crippen LogP contribution in [-0.2, 0) is 13.1 Å². The molecule has 2 rings (SSSR count). The number of amides is 2. The molecule has 22 heavy (non-hydrogen) atoms. The third kappa shape index (κ3) is 4.00. The van der Waals surface area contributed by atoms with Crippen molar-refractivity contribution >= 4 is 6.03 Å². The number of carbonyl (C=O) groups excluding carboxylic acids is 1. The van der Waals surface area contributed by atoms with Crippen molar-refractivity contribution in [2.24, 2.45) is 0 Å². The van der Waals surface area contributed by atoms with E-state index in [0.717, 1.165) is 12.1 Å². The number of benzene rings is 1. The third-order valence-electron chi connectivity index (χ3n) is 3.09. The second-order valence-electron chi connectivity index (χ2n) is 4.75. The fraction of sp³-hybridized carbons (Fsp3) is 0.357. The summed E-state index contributed by atoms with van der Waals surface area (Å²) in [6, 6.07) is 2.64.